The molecule has 2 rings (SSSR count). The van der Waals surface area contributed by atoms with Gasteiger partial charge in [-0.25, -0.2) is 4.39 Å². The zero-order valence-electron chi connectivity index (χ0n) is 10.2. The Hall–Kier alpha value is -1.88. The molecule has 6 heteroatoms. The van der Waals surface area contributed by atoms with Crippen molar-refractivity contribution >= 4 is 17.5 Å². The fourth-order valence-electron chi connectivity index (χ4n) is 1.59. The maximum absolute atomic E-state index is 12.6. The lowest BCUT2D eigenvalue weighted by atomic mass is 10.1. The van der Waals surface area contributed by atoms with E-state index in [9.17, 15) is 9.18 Å². The van der Waals surface area contributed by atoms with Crippen molar-refractivity contribution in [2.45, 2.75) is 20.1 Å². The zero-order chi connectivity index (χ0) is 13.8. The molecule has 1 N–H and O–H groups in total. The molecule has 0 fully saturated rings. The molecular weight excluding hydrogens is 271 g/mol. The van der Waals surface area contributed by atoms with Crippen LogP contribution in [0.1, 0.15) is 27.4 Å². The van der Waals surface area contributed by atoms with E-state index in [1.165, 1.54) is 0 Å². The molecule has 0 aliphatic heterocycles. The summed E-state index contributed by atoms with van der Waals surface area (Å²) in [5.74, 6) is 0.227. The number of halogens is 2. The van der Waals surface area contributed by atoms with Crippen LogP contribution in [0.3, 0.4) is 0 Å². The SMILES string of the molecule is Cc1cc(C(=O)NCc2ccc(Cl)c(CF)c2)no1. The Kier molecular flexibility index (Phi) is 4.16. The molecule has 2 aromatic rings. The first-order chi connectivity index (χ1) is 9.10. The molecule has 100 valence electrons. The van der Waals surface area contributed by atoms with E-state index in [2.05, 4.69) is 10.5 Å². The first-order valence-corrected chi connectivity index (χ1v) is 6.02. The highest BCUT2D eigenvalue weighted by Crippen LogP contribution is 2.18. The average molecular weight is 283 g/mol. The predicted molar refractivity (Wildman–Crippen MR) is 68.7 cm³/mol. The van der Waals surface area contributed by atoms with Crippen LogP contribution in [0.5, 0.6) is 0 Å². The average Bonchev–Trinajstić information content (AvgIpc) is 2.84. The van der Waals surface area contributed by atoms with E-state index in [-0.39, 0.29) is 18.1 Å². The number of carbonyl (C=O) groups is 1. The second-order valence-corrected chi connectivity index (χ2v) is 4.47. The van der Waals surface area contributed by atoms with Crippen LogP contribution >= 0.6 is 11.6 Å². The van der Waals surface area contributed by atoms with Crippen molar-refractivity contribution in [2.24, 2.45) is 0 Å². The van der Waals surface area contributed by atoms with Crippen molar-refractivity contribution in [3.05, 3.63) is 51.9 Å². The number of hydrogen-bond donors (Lipinski definition) is 1. The van der Waals surface area contributed by atoms with Gasteiger partial charge in [0.05, 0.1) is 0 Å². The van der Waals surface area contributed by atoms with Crippen LogP contribution in [0.25, 0.3) is 0 Å². The van der Waals surface area contributed by atoms with E-state index in [4.69, 9.17) is 16.1 Å². The highest BCUT2D eigenvalue weighted by Gasteiger charge is 2.10. The summed E-state index contributed by atoms with van der Waals surface area (Å²) in [5.41, 5.74) is 1.40. The minimum atomic E-state index is -0.636. The van der Waals surface area contributed by atoms with Crippen LogP contribution in [-0.4, -0.2) is 11.1 Å². The van der Waals surface area contributed by atoms with Crippen LogP contribution in [0.4, 0.5) is 4.39 Å². The van der Waals surface area contributed by atoms with E-state index in [1.54, 1.807) is 31.2 Å². The summed E-state index contributed by atoms with van der Waals surface area (Å²) in [4.78, 5) is 11.7. The molecule has 0 aliphatic carbocycles. The van der Waals surface area contributed by atoms with Gasteiger partial charge >= 0.3 is 0 Å². The quantitative estimate of drug-likeness (QED) is 0.938. The maximum Gasteiger partial charge on any atom is 0.273 e. The topological polar surface area (TPSA) is 55.1 Å². The zero-order valence-corrected chi connectivity index (χ0v) is 11.0. The molecule has 0 atom stereocenters. The molecule has 0 bridgehead atoms. The summed E-state index contributed by atoms with van der Waals surface area (Å²) in [7, 11) is 0. The molecule has 1 aromatic carbocycles. The van der Waals surface area contributed by atoms with E-state index in [0.717, 1.165) is 5.56 Å². The normalized spacial score (nSPS) is 10.5. The van der Waals surface area contributed by atoms with Gasteiger partial charge in [0.15, 0.2) is 5.69 Å². The number of aryl methyl sites for hydroxylation is 1. The van der Waals surface area contributed by atoms with Gasteiger partial charge in [0.1, 0.15) is 12.4 Å². The lowest BCUT2D eigenvalue weighted by molar-refractivity contribution is 0.0942. The van der Waals surface area contributed by atoms with Gasteiger partial charge < -0.3 is 9.84 Å². The number of benzene rings is 1. The van der Waals surface area contributed by atoms with E-state index in [1.807, 2.05) is 0 Å². The van der Waals surface area contributed by atoms with Gasteiger partial charge in [0, 0.05) is 23.2 Å². The molecule has 0 unspecified atom stereocenters. The number of rotatable bonds is 4. The number of aromatic nitrogens is 1. The third-order valence-electron chi connectivity index (χ3n) is 2.57. The van der Waals surface area contributed by atoms with Crippen molar-refractivity contribution in [3.8, 4) is 0 Å². The number of hydrogen-bond acceptors (Lipinski definition) is 3. The first-order valence-electron chi connectivity index (χ1n) is 5.65. The van der Waals surface area contributed by atoms with Crippen molar-refractivity contribution in [3.63, 3.8) is 0 Å². The Morgan fingerprint density at radius 2 is 2.26 bits per heavy atom. The molecular formula is C13H12ClFN2O2. The maximum atomic E-state index is 12.6. The minimum absolute atomic E-state index is 0.220. The van der Waals surface area contributed by atoms with Gasteiger partial charge in [-0.15, -0.1) is 0 Å². The van der Waals surface area contributed by atoms with Gasteiger partial charge in [-0.1, -0.05) is 22.8 Å². The smallest absolute Gasteiger partial charge is 0.273 e. The molecule has 4 nitrogen and oxygen atoms in total. The Morgan fingerprint density at radius 1 is 1.47 bits per heavy atom. The second kappa shape index (κ2) is 5.84. The van der Waals surface area contributed by atoms with Crippen molar-refractivity contribution in [1.82, 2.24) is 10.5 Å². The standard InChI is InChI=1S/C13H12ClFN2O2/c1-8-4-12(17-19-8)13(18)16-7-9-2-3-11(14)10(5-9)6-15/h2-5H,6-7H2,1H3,(H,16,18). The predicted octanol–water partition coefficient (Wildman–Crippen LogP) is 3.04. The number of nitrogens with zero attached hydrogens (tertiary/aromatic N) is 1. The van der Waals surface area contributed by atoms with Crippen LogP contribution in [-0.2, 0) is 13.2 Å². The summed E-state index contributed by atoms with van der Waals surface area (Å²) in [6.45, 7) is 1.34. The van der Waals surface area contributed by atoms with Gasteiger partial charge in [-0.2, -0.15) is 0 Å². The molecule has 1 heterocycles. The summed E-state index contributed by atoms with van der Waals surface area (Å²) in [6, 6.07) is 6.51. The lowest BCUT2D eigenvalue weighted by Gasteiger charge is -2.06. The molecule has 0 spiro atoms. The molecule has 0 saturated carbocycles. The number of amides is 1. The van der Waals surface area contributed by atoms with Crippen LogP contribution in [0.15, 0.2) is 28.8 Å². The number of nitrogens with one attached hydrogen (secondary N) is 1. The Labute approximate surface area is 114 Å². The van der Waals surface area contributed by atoms with Gasteiger partial charge in [0.25, 0.3) is 5.91 Å². The largest absolute Gasteiger partial charge is 0.361 e. The van der Waals surface area contributed by atoms with Crippen LogP contribution < -0.4 is 5.32 Å². The van der Waals surface area contributed by atoms with Crippen molar-refractivity contribution in [1.29, 1.82) is 0 Å². The highest BCUT2D eigenvalue weighted by molar-refractivity contribution is 6.31. The molecule has 1 aromatic heterocycles. The van der Waals surface area contributed by atoms with E-state index < -0.39 is 6.67 Å². The summed E-state index contributed by atoms with van der Waals surface area (Å²) >= 11 is 5.81. The fourth-order valence-corrected chi connectivity index (χ4v) is 1.75. The third kappa shape index (κ3) is 3.32. The monoisotopic (exact) mass is 282 g/mol. The molecule has 0 radical (unpaired) electrons. The Morgan fingerprint density at radius 3 is 2.89 bits per heavy atom. The summed E-state index contributed by atoms with van der Waals surface area (Å²) < 4.78 is 17.5. The fraction of sp³-hybridized carbons (Fsp3) is 0.231. The van der Waals surface area contributed by atoms with Crippen molar-refractivity contribution < 1.29 is 13.7 Å². The highest BCUT2D eigenvalue weighted by atomic mass is 35.5. The van der Waals surface area contributed by atoms with Crippen LogP contribution in [0.2, 0.25) is 5.02 Å². The lowest BCUT2D eigenvalue weighted by Crippen LogP contribution is -2.23. The number of carbonyl (C=O) groups excluding carboxylic acids is 1. The van der Waals surface area contributed by atoms with E-state index in [0.29, 0.717) is 16.3 Å². The molecule has 19 heavy (non-hydrogen) atoms. The van der Waals surface area contributed by atoms with Crippen LogP contribution in [0, 0.1) is 6.92 Å². The molecule has 0 saturated heterocycles. The minimum Gasteiger partial charge on any atom is -0.361 e. The summed E-state index contributed by atoms with van der Waals surface area (Å²) in [5, 5.41) is 6.66. The third-order valence-corrected chi connectivity index (χ3v) is 2.94. The Bertz CT molecular complexity index is 598. The van der Waals surface area contributed by atoms with E-state index >= 15 is 0 Å². The number of alkyl halides is 1. The first kappa shape index (κ1) is 13.5. The van der Waals surface area contributed by atoms with Gasteiger partial charge in [0.2, 0.25) is 0 Å². The van der Waals surface area contributed by atoms with Gasteiger partial charge in [-0.3, -0.25) is 4.79 Å². The summed E-state index contributed by atoms with van der Waals surface area (Å²) in [6.07, 6.45) is 0. The molecule has 0 aliphatic rings. The second-order valence-electron chi connectivity index (χ2n) is 4.06. The van der Waals surface area contributed by atoms with Crippen molar-refractivity contribution in [2.75, 3.05) is 0 Å². The Balaban J connectivity index is 2.01. The molecule has 1 amide bonds. The van der Waals surface area contributed by atoms with Gasteiger partial charge in [-0.05, 0) is 24.6 Å².